The Morgan fingerprint density at radius 2 is 1.44 bits per heavy atom. The monoisotopic (exact) mass is 255 g/mol. The van der Waals surface area contributed by atoms with Crippen molar-refractivity contribution < 1.29 is 5.11 Å². The maximum Gasteiger partial charge on any atom is 0.0771 e. The highest BCUT2D eigenvalue weighted by Crippen LogP contribution is 2.30. The van der Waals surface area contributed by atoms with Crippen molar-refractivity contribution in [1.29, 1.82) is 0 Å². The molecule has 0 atom stereocenters. The molecule has 0 aromatic rings. The minimum atomic E-state index is -0.467. The molecular weight excluding hydrogens is 222 g/mol. The summed E-state index contributed by atoms with van der Waals surface area (Å²) in [6.45, 7) is 12.1. The highest BCUT2D eigenvalue weighted by atomic mass is 16.3. The Kier molecular flexibility index (Phi) is 5.25. The Morgan fingerprint density at radius 3 is 1.89 bits per heavy atom. The molecule has 2 nitrogen and oxygen atoms in total. The van der Waals surface area contributed by atoms with Gasteiger partial charge in [0.25, 0.3) is 0 Å². The molecule has 1 saturated carbocycles. The van der Waals surface area contributed by atoms with Gasteiger partial charge in [-0.2, -0.15) is 0 Å². The van der Waals surface area contributed by atoms with Crippen LogP contribution in [0.5, 0.6) is 0 Å². The molecule has 1 aliphatic rings. The lowest BCUT2D eigenvalue weighted by atomic mass is 9.81. The number of rotatable bonds is 4. The van der Waals surface area contributed by atoms with E-state index >= 15 is 0 Å². The third kappa shape index (κ3) is 6.19. The fraction of sp³-hybridized carbons (Fsp3) is 1.00. The van der Waals surface area contributed by atoms with Crippen LogP contribution in [0.1, 0.15) is 79.6 Å². The van der Waals surface area contributed by atoms with Gasteiger partial charge < -0.3 is 10.4 Å². The van der Waals surface area contributed by atoms with Gasteiger partial charge in [-0.15, -0.1) is 0 Å². The first-order chi connectivity index (χ1) is 8.12. The van der Waals surface area contributed by atoms with E-state index in [0.29, 0.717) is 5.41 Å². The normalized spacial score (nSPS) is 21.7. The van der Waals surface area contributed by atoms with Gasteiger partial charge in [-0.3, -0.25) is 0 Å². The smallest absolute Gasteiger partial charge is 0.0771 e. The standard InChI is InChI=1S/C16H33NO/c1-14(2,3)12-15(4,5)17-13-16(18)10-8-6-7-9-11-16/h17-18H,6-13H2,1-5H3. The molecule has 0 bridgehead atoms. The first-order valence-electron chi connectivity index (χ1n) is 7.59. The van der Waals surface area contributed by atoms with E-state index in [9.17, 15) is 5.11 Å². The minimum Gasteiger partial charge on any atom is -0.389 e. The van der Waals surface area contributed by atoms with E-state index in [2.05, 4.69) is 39.9 Å². The Hall–Kier alpha value is -0.0800. The van der Waals surface area contributed by atoms with Gasteiger partial charge in [0.15, 0.2) is 0 Å². The van der Waals surface area contributed by atoms with E-state index in [4.69, 9.17) is 0 Å². The molecule has 0 radical (unpaired) electrons. The van der Waals surface area contributed by atoms with E-state index in [0.717, 1.165) is 25.8 Å². The van der Waals surface area contributed by atoms with E-state index in [1.807, 2.05) is 0 Å². The van der Waals surface area contributed by atoms with Crippen molar-refractivity contribution in [3.63, 3.8) is 0 Å². The van der Waals surface area contributed by atoms with E-state index in [1.54, 1.807) is 0 Å². The second-order valence-electron chi connectivity index (χ2n) is 8.11. The fourth-order valence-electron chi connectivity index (χ4n) is 3.36. The summed E-state index contributed by atoms with van der Waals surface area (Å²) < 4.78 is 0. The summed E-state index contributed by atoms with van der Waals surface area (Å²) in [5.41, 5.74) is -0.0471. The van der Waals surface area contributed by atoms with Crippen LogP contribution in [0.2, 0.25) is 0 Å². The Balaban J connectivity index is 2.47. The van der Waals surface area contributed by atoms with Crippen LogP contribution in [0.25, 0.3) is 0 Å². The van der Waals surface area contributed by atoms with Gasteiger partial charge >= 0.3 is 0 Å². The van der Waals surface area contributed by atoms with Crippen molar-refractivity contribution in [3.05, 3.63) is 0 Å². The topological polar surface area (TPSA) is 32.3 Å². The van der Waals surface area contributed by atoms with Crippen molar-refractivity contribution in [2.24, 2.45) is 5.41 Å². The molecule has 0 heterocycles. The molecule has 1 rings (SSSR count). The fourth-order valence-corrected chi connectivity index (χ4v) is 3.36. The van der Waals surface area contributed by atoms with Gasteiger partial charge in [0.1, 0.15) is 0 Å². The van der Waals surface area contributed by atoms with Crippen molar-refractivity contribution in [2.45, 2.75) is 90.7 Å². The third-order valence-electron chi connectivity index (χ3n) is 3.90. The largest absolute Gasteiger partial charge is 0.389 e. The highest BCUT2D eigenvalue weighted by Gasteiger charge is 2.31. The predicted octanol–water partition coefficient (Wildman–Crippen LogP) is 3.88. The van der Waals surface area contributed by atoms with Gasteiger partial charge in [-0.25, -0.2) is 0 Å². The van der Waals surface area contributed by atoms with Crippen LogP contribution < -0.4 is 5.32 Å². The summed E-state index contributed by atoms with van der Waals surface area (Å²) in [7, 11) is 0. The molecule has 1 aliphatic carbocycles. The summed E-state index contributed by atoms with van der Waals surface area (Å²) in [6, 6.07) is 0. The lowest BCUT2D eigenvalue weighted by Crippen LogP contribution is -2.50. The quantitative estimate of drug-likeness (QED) is 0.747. The lowest BCUT2D eigenvalue weighted by Gasteiger charge is -2.37. The molecule has 0 spiro atoms. The zero-order valence-corrected chi connectivity index (χ0v) is 13.1. The second-order valence-corrected chi connectivity index (χ2v) is 8.11. The van der Waals surface area contributed by atoms with Crippen molar-refractivity contribution in [3.8, 4) is 0 Å². The summed E-state index contributed by atoms with van der Waals surface area (Å²) >= 11 is 0. The molecule has 0 unspecified atom stereocenters. The maximum absolute atomic E-state index is 10.7. The first kappa shape index (κ1) is 16.0. The van der Waals surface area contributed by atoms with E-state index in [1.165, 1.54) is 25.7 Å². The van der Waals surface area contributed by atoms with Crippen molar-refractivity contribution in [1.82, 2.24) is 5.32 Å². The van der Waals surface area contributed by atoms with Gasteiger partial charge in [-0.1, -0.05) is 46.5 Å². The minimum absolute atomic E-state index is 0.0975. The highest BCUT2D eigenvalue weighted by molar-refractivity contribution is 4.89. The van der Waals surface area contributed by atoms with Crippen LogP contribution in [0.3, 0.4) is 0 Å². The molecule has 18 heavy (non-hydrogen) atoms. The Bertz CT molecular complexity index is 244. The van der Waals surface area contributed by atoms with Crippen LogP contribution in [0.4, 0.5) is 0 Å². The maximum atomic E-state index is 10.7. The second kappa shape index (κ2) is 5.92. The molecule has 0 aliphatic heterocycles. The van der Waals surface area contributed by atoms with Gasteiger partial charge in [0.2, 0.25) is 0 Å². The summed E-state index contributed by atoms with van der Waals surface area (Å²) in [4.78, 5) is 0. The number of hydrogen-bond acceptors (Lipinski definition) is 2. The van der Waals surface area contributed by atoms with E-state index in [-0.39, 0.29) is 5.54 Å². The molecule has 2 N–H and O–H groups in total. The average molecular weight is 255 g/mol. The van der Waals surface area contributed by atoms with Crippen LogP contribution in [-0.2, 0) is 0 Å². The van der Waals surface area contributed by atoms with Crippen molar-refractivity contribution >= 4 is 0 Å². The molecule has 0 aromatic heterocycles. The summed E-state index contributed by atoms with van der Waals surface area (Å²) in [5.74, 6) is 0. The molecule has 1 fully saturated rings. The molecule has 0 saturated heterocycles. The third-order valence-corrected chi connectivity index (χ3v) is 3.90. The van der Waals surface area contributed by atoms with Crippen LogP contribution in [-0.4, -0.2) is 22.8 Å². The number of β-amino-alcohol motifs (C(OH)–C–C–N with tert-alkyl or cyclic N) is 1. The molecule has 0 amide bonds. The van der Waals surface area contributed by atoms with Crippen molar-refractivity contribution in [2.75, 3.05) is 6.54 Å². The Labute approximate surface area is 114 Å². The van der Waals surface area contributed by atoms with Gasteiger partial charge in [0.05, 0.1) is 5.60 Å². The summed E-state index contributed by atoms with van der Waals surface area (Å²) in [5, 5.41) is 14.3. The zero-order valence-electron chi connectivity index (χ0n) is 13.1. The van der Waals surface area contributed by atoms with Crippen LogP contribution >= 0.6 is 0 Å². The van der Waals surface area contributed by atoms with Gasteiger partial charge in [0, 0.05) is 12.1 Å². The van der Waals surface area contributed by atoms with Crippen LogP contribution in [0, 0.1) is 5.41 Å². The number of nitrogens with one attached hydrogen (secondary N) is 1. The zero-order chi connectivity index (χ0) is 13.9. The summed E-state index contributed by atoms with van der Waals surface area (Å²) in [6.07, 6.45) is 7.98. The van der Waals surface area contributed by atoms with Crippen LogP contribution in [0.15, 0.2) is 0 Å². The average Bonchev–Trinajstić information content (AvgIpc) is 2.38. The molecule has 2 heteroatoms. The van der Waals surface area contributed by atoms with E-state index < -0.39 is 5.60 Å². The molecular formula is C16H33NO. The SMILES string of the molecule is CC(C)(C)CC(C)(C)NCC1(O)CCCCCC1. The lowest BCUT2D eigenvalue weighted by molar-refractivity contribution is 0.0165. The molecule has 0 aromatic carbocycles. The predicted molar refractivity (Wildman–Crippen MR) is 78.8 cm³/mol. The van der Waals surface area contributed by atoms with Gasteiger partial charge in [-0.05, 0) is 38.5 Å². The first-order valence-corrected chi connectivity index (χ1v) is 7.59. The molecule has 108 valence electrons. The number of aliphatic hydroxyl groups is 1. The Morgan fingerprint density at radius 1 is 0.944 bits per heavy atom. The number of hydrogen-bond donors (Lipinski definition) is 2.